The van der Waals surface area contributed by atoms with E-state index in [0.29, 0.717) is 51.8 Å². The number of para-hydroxylation sites is 1. The van der Waals surface area contributed by atoms with E-state index in [4.69, 9.17) is 4.74 Å². The van der Waals surface area contributed by atoms with Crippen molar-refractivity contribution < 1.29 is 17.9 Å². The molecule has 26 heavy (non-hydrogen) atoms. The lowest BCUT2D eigenvalue weighted by molar-refractivity contribution is -0.122. The molecule has 0 atom stereocenters. The van der Waals surface area contributed by atoms with Gasteiger partial charge in [-0.25, -0.2) is 12.7 Å². The van der Waals surface area contributed by atoms with E-state index in [1.54, 1.807) is 4.31 Å². The van der Waals surface area contributed by atoms with Gasteiger partial charge < -0.3 is 10.1 Å². The smallest absolute Gasteiger partial charge is 0.220 e. The number of hydrogen-bond acceptors (Lipinski definition) is 4. The first-order valence-corrected chi connectivity index (χ1v) is 11.5. The average Bonchev–Trinajstić information content (AvgIpc) is 2.60. The highest BCUT2D eigenvalue weighted by Crippen LogP contribution is 2.23. The van der Waals surface area contributed by atoms with Crippen LogP contribution < -0.4 is 10.1 Å². The summed E-state index contributed by atoms with van der Waals surface area (Å²) in [4.78, 5) is 12.1. The molecule has 0 aromatic heterocycles. The summed E-state index contributed by atoms with van der Waals surface area (Å²) in [6.45, 7) is 3.31. The molecule has 1 amide bonds. The highest BCUT2D eigenvalue weighted by atomic mass is 79.9. The Bertz CT molecular complexity index is 688. The van der Waals surface area contributed by atoms with Crippen LogP contribution in [0, 0.1) is 0 Å². The molecule has 1 aromatic carbocycles. The molecule has 0 saturated carbocycles. The molecule has 0 spiro atoms. The highest BCUT2D eigenvalue weighted by Gasteiger charge is 2.27. The summed E-state index contributed by atoms with van der Waals surface area (Å²) in [5, 5.41) is 3.01. The number of rotatable bonds is 9. The average molecular weight is 447 g/mol. The zero-order chi connectivity index (χ0) is 19.0. The molecule has 1 aliphatic heterocycles. The van der Waals surface area contributed by atoms with E-state index in [-0.39, 0.29) is 17.7 Å². The molecule has 6 nitrogen and oxygen atoms in total. The monoisotopic (exact) mass is 446 g/mol. The molecule has 1 heterocycles. The highest BCUT2D eigenvalue weighted by molar-refractivity contribution is 9.10. The Labute approximate surface area is 164 Å². The Morgan fingerprint density at radius 2 is 2.00 bits per heavy atom. The standard InChI is InChI=1S/C18H27BrN2O4S/c1-2-14-26(23,24)21-11-9-15(10-12-21)20-18(22)8-5-13-25-17-7-4-3-6-16(17)19/h3-4,6-7,15H,2,5,8-14H2,1H3,(H,20,22). The van der Waals surface area contributed by atoms with Gasteiger partial charge in [0.05, 0.1) is 16.8 Å². The molecule has 1 aliphatic rings. The fourth-order valence-electron chi connectivity index (χ4n) is 2.94. The lowest BCUT2D eigenvalue weighted by Crippen LogP contribution is -2.47. The lowest BCUT2D eigenvalue weighted by atomic mass is 10.1. The SMILES string of the molecule is CCCS(=O)(=O)N1CCC(NC(=O)CCCOc2ccccc2Br)CC1. The maximum Gasteiger partial charge on any atom is 0.220 e. The van der Waals surface area contributed by atoms with E-state index in [1.807, 2.05) is 31.2 Å². The van der Waals surface area contributed by atoms with Crippen molar-refractivity contribution in [2.75, 3.05) is 25.4 Å². The summed E-state index contributed by atoms with van der Waals surface area (Å²) in [5.41, 5.74) is 0. The van der Waals surface area contributed by atoms with Crippen LogP contribution in [0.2, 0.25) is 0 Å². The maximum atomic E-state index is 12.1. The molecular weight excluding hydrogens is 420 g/mol. The molecule has 146 valence electrons. The molecular formula is C18H27BrN2O4S. The van der Waals surface area contributed by atoms with E-state index in [0.717, 1.165) is 10.2 Å². The van der Waals surface area contributed by atoms with Gasteiger partial charge in [-0.15, -0.1) is 0 Å². The number of nitrogens with zero attached hydrogens (tertiary/aromatic N) is 1. The van der Waals surface area contributed by atoms with Gasteiger partial charge in [0.1, 0.15) is 5.75 Å². The molecule has 1 N–H and O–H groups in total. The second kappa shape index (κ2) is 10.3. The lowest BCUT2D eigenvalue weighted by Gasteiger charge is -2.31. The van der Waals surface area contributed by atoms with E-state index in [2.05, 4.69) is 21.2 Å². The predicted octanol–water partition coefficient (Wildman–Crippen LogP) is 2.93. The van der Waals surface area contributed by atoms with Crippen LogP contribution in [0.5, 0.6) is 5.75 Å². The predicted molar refractivity (Wildman–Crippen MR) is 106 cm³/mol. The van der Waals surface area contributed by atoms with Crippen LogP contribution in [-0.2, 0) is 14.8 Å². The van der Waals surface area contributed by atoms with Crippen LogP contribution in [0.4, 0.5) is 0 Å². The van der Waals surface area contributed by atoms with Crippen molar-refractivity contribution in [1.29, 1.82) is 0 Å². The van der Waals surface area contributed by atoms with Gasteiger partial charge in [0.25, 0.3) is 0 Å². The largest absolute Gasteiger partial charge is 0.492 e. The van der Waals surface area contributed by atoms with Gasteiger partial charge in [-0.05, 0) is 53.7 Å². The molecule has 1 aromatic rings. The van der Waals surface area contributed by atoms with Gasteiger partial charge >= 0.3 is 0 Å². The van der Waals surface area contributed by atoms with Crippen molar-refractivity contribution in [2.45, 2.75) is 45.1 Å². The summed E-state index contributed by atoms with van der Waals surface area (Å²) in [6.07, 6.45) is 3.00. The normalized spacial score (nSPS) is 16.4. The molecule has 0 unspecified atom stereocenters. The Hall–Kier alpha value is -1.12. The Morgan fingerprint density at radius 1 is 1.31 bits per heavy atom. The molecule has 0 bridgehead atoms. The quantitative estimate of drug-likeness (QED) is 0.591. The van der Waals surface area contributed by atoms with Gasteiger partial charge in [0.15, 0.2) is 0 Å². The number of carbonyl (C=O) groups excluding carboxylic acids is 1. The van der Waals surface area contributed by atoms with Crippen LogP contribution in [0.25, 0.3) is 0 Å². The van der Waals surface area contributed by atoms with Crippen molar-refractivity contribution in [3.05, 3.63) is 28.7 Å². The molecule has 0 radical (unpaired) electrons. The van der Waals surface area contributed by atoms with E-state index >= 15 is 0 Å². The number of ether oxygens (including phenoxy) is 1. The van der Waals surface area contributed by atoms with Crippen LogP contribution in [-0.4, -0.2) is 50.1 Å². The minimum atomic E-state index is -3.13. The van der Waals surface area contributed by atoms with Crippen molar-refractivity contribution in [3.8, 4) is 5.75 Å². The number of sulfonamides is 1. The van der Waals surface area contributed by atoms with Crippen molar-refractivity contribution in [1.82, 2.24) is 9.62 Å². The second-order valence-corrected chi connectivity index (χ2v) is 9.38. The number of carbonyl (C=O) groups is 1. The fraction of sp³-hybridized carbons (Fsp3) is 0.611. The van der Waals surface area contributed by atoms with Crippen molar-refractivity contribution in [2.24, 2.45) is 0 Å². The first-order chi connectivity index (χ1) is 12.4. The van der Waals surface area contributed by atoms with Crippen LogP contribution in [0.3, 0.4) is 0 Å². The van der Waals surface area contributed by atoms with Crippen molar-refractivity contribution >= 4 is 31.9 Å². The van der Waals surface area contributed by atoms with E-state index in [1.165, 1.54) is 0 Å². The Kier molecular flexibility index (Phi) is 8.37. The molecule has 2 rings (SSSR count). The summed E-state index contributed by atoms with van der Waals surface area (Å²) < 4.78 is 32.2. The summed E-state index contributed by atoms with van der Waals surface area (Å²) in [6, 6.07) is 7.67. The summed E-state index contributed by atoms with van der Waals surface area (Å²) in [5.74, 6) is 0.964. The molecule has 1 fully saturated rings. The van der Waals surface area contributed by atoms with Crippen molar-refractivity contribution in [3.63, 3.8) is 0 Å². The number of hydrogen-bond donors (Lipinski definition) is 1. The molecule has 8 heteroatoms. The third-order valence-corrected chi connectivity index (χ3v) is 7.05. The van der Waals surface area contributed by atoms with Gasteiger partial charge in [-0.2, -0.15) is 0 Å². The topological polar surface area (TPSA) is 75.7 Å². The van der Waals surface area contributed by atoms with Gasteiger partial charge in [-0.3, -0.25) is 4.79 Å². The fourth-order valence-corrected chi connectivity index (χ4v) is 4.88. The number of piperidine rings is 1. The van der Waals surface area contributed by atoms with E-state index in [9.17, 15) is 13.2 Å². The molecule has 1 saturated heterocycles. The summed E-state index contributed by atoms with van der Waals surface area (Å²) in [7, 11) is -3.13. The first-order valence-electron chi connectivity index (χ1n) is 9.07. The summed E-state index contributed by atoms with van der Waals surface area (Å²) >= 11 is 3.42. The zero-order valence-electron chi connectivity index (χ0n) is 15.1. The first kappa shape index (κ1) is 21.2. The molecule has 0 aliphatic carbocycles. The maximum absolute atomic E-state index is 12.1. The van der Waals surface area contributed by atoms with Gasteiger partial charge in [0.2, 0.25) is 15.9 Å². The third kappa shape index (κ3) is 6.55. The third-order valence-electron chi connectivity index (χ3n) is 4.32. The minimum absolute atomic E-state index is 0.00408. The number of amides is 1. The van der Waals surface area contributed by atoms with Gasteiger partial charge in [0, 0.05) is 25.6 Å². The Balaban J connectivity index is 1.64. The van der Waals surface area contributed by atoms with Crippen LogP contribution >= 0.6 is 15.9 Å². The zero-order valence-corrected chi connectivity index (χ0v) is 17.5. The number of halogens is 1. The van der Waals surface area contributed by atoms with Crippen LogP contribution in [0.1, 0.15) is 39.0 Å². The number of benzene rings is 1. The second-order valence-electron chi connectivity index (χ2n) is 6.44. The Morgan fingerprint density at radius 3 is 2.65 bits per heavy atom. The van der Waals surface area contributed by atoms with E-state index < -0.39 is 10.0 Å². The number of nitrogens with one attached hydrogen (secondary N) is 1. The van der Waals surface area contributed by atoms with Crippen LogP contribution in [0.15, 0.2) is 28.7 Å². The minimum Gasteiger partial charge on any atom is -0.492 e. The van der Waals surface area contributed by atoms with Gasteiger partial charge in [-0.1, -0.05) is 19.1 Å².